The van der Waals surface area contributed by atoms with E-state index in [0.717, 1.165) is 6.33 Å². The van der Waals surface area contributed by atoms with Crippen molar-refractivity contribution in [3.63, 3.8) is 0 Å². The first-order valence-electron chi connectivity index (χ1n) is 5.59. The van der Waals surface area contributed by atoms with E-state index in [1.54, 1.807) is 0 Å². The Balaban J connectivity index is 2.23. The number of aliphatic hydroxyl groups excluding tert-OH is 3. The van der Waals surface area contributed by atoms with Crippen molar-refractivity contribution in [3.8, 4) is 0 Å². The molecule has 6 N–H and O–H groups in total. The van der Waals surface area contributed by atoms with Gasteiger partial charge in [-0.3, -0.25) is 10.1 Å². The Labute approximate surface area is 112 Å². The molecule has 1 unspecified atom stereocenters. The average Bonchev–Trinajstić information content (AvgIpc) is 2.66. The summed E-state index contributed by atoms with van der Waals surface area (Å²) in [6.45, 7) is -0.510. The number of nitrogens with zero attached hydrogens (tertiary/aromatic N) is 3. The Morgan fingerprint density at radius 1 is 1.45 bits per heavy atom. The summed E-state index contributed by atoms with van der Waals surface area (Å²) in [7, 11) is 0. The molecule has 1 saturated heterocycles. The highest BCUT2D eigenvalue weighted by Gasteiger charge is 2.43. The van der Waals surface area contributed by atoms with Crippen LogP contribution in [0.3, 0.4) is 0 Å². The van der Waals surface area contributed by atoms with E-state index in [2.05, 4.69) is 15.3 Å². The van der Waals surface area contributed by atoms with Crippen molar-refractivity contribution >= 4 is 17.3 Å². The Hall–Kier alpha value is -2.08. The molecule has 0 spiro atoms. The summed E-state index contributed by atoms with van der Waals surface area (Å²) < 4.78 is 5.13. The van der Waals surface area contributed by atoms with Gasteiger partial charge in [-0.2, -0.15) is 0 Å². The van der Waals surface area contributed by atoms with E-state index in [9.17, 15) is 20.3 Å². The second-order valence-electron chi connectivity index (χ2n) is 4.12. The van der Waals surface area contributed by atoms with Crippen LogP contribution in [-0.4, -0.2) is 61.4 Å². The van der Waals surface area contributed by atoms with Crippen molar-refractivity contribution in [3.05, 3.63) is 16.4 Å². The summed E-state index contributed by atoms with van der Waals surface area (Å²) in [5.74, 6) is -0.600. The average molecular weight is 287 g/mol. The van der Waals surface area contributed by atoms with Crippen molar-refractivity contribution in [1.82, 2.24) is 9.97 Å². The quantitative estimate of drug-likeness (QED) is 0.302. The van der Waals surface area contributed by atoms with Gasteiger partial charge in [0.2, 0.25) is 11.6 Å². The second-order valence-corrected chi connectivity index (χ2v) is 4.12. The Morgan fingerprint density at radius 2 is 2.15 bits per heavy atom. The minimum atomic E-state index is -1.39. The molecule has 0 radical (unpaired) electrons. The van der Waals surface area contributed by atoms with E-state index in [-0.39, 0.29) is 11.6 Å². The van der Waals surface area contributed by atoms with E-state index in [4.69, 9.17) is 15.6 Å². The molecular weight excluding hydrogens is 274 g/mol. The fraction of sp³-hybridized carbons (Fsp3) is 0.556. The maximum absolute atomic E-state index is 10.9. The van der Waals surface area contributed by atoms with Crippen molar-refractivity contribution in [2.24, 2.45) is 0 Å². The van der Waals surface area contributed by atoms with Gasteiger partial charge in [-0.15, -0.1) is 0 Å². The van der Waals surface area contributed by atoms with Crippen LogP contribution in [0.15, 0.2) is 6.33 Å². The largest absolute Gasteiger partial charge is 0.394 e. The first-order chi connectivity index (χ1) is 9.45. The number of rotatable bonds is 4. The van der Waals surface area contributed by atoms with Crippen molar-refractivity contribution in [2.45, 2.75) is 24.5 Å². The van der Waals surface area contributed by atoms with E-state index in [1.807, 2.05) is 0 Å². The van der Waals surface area contributed by atoms with Gasteiger partial charge in [0.1, 0.15) is 24.6 Å². The van der Waals surface area contributed by atoms with Gasteiger partial charge >= 0.3 is 5.69 Å². The zero-order valence-electron chi connectivity index (χ0n) is 10.1. The molecule has 11 heteroatoms. The number of hydrogen-bond donors (Lipinski definition) is 5. The van der Waals surface area contributed by atoms with Crippen LogP contribution >= 0.6 is 0 Å². The van der Waals surface area contributed by atoms with Gasteiger partial charge in [0.25, 0.3) is 0 Å². The van der Waals surface area contributed by atoms with Gasteiger partial charge in [0.15, 0.2) is 6.23 Å². The molecule has 0 saturated carbocycles. The lowest BCUT2D eigenvalue weighted by molar-refractivity contribution is -0.383. The highest BCUT2D eigenvalue weighted by atomic mass is 16.6. The third-order valence-corrected chi connectivity index (χ3v) is 2.85. The topological polar surface area (TPSA) is 177 Å². The lowest BCUT2D eigenvalue weighted by Gasteiger charge is -2.16. The summed E-state index contributed by atoms with van der Waals surface area (Å²) in [6.07, 6.45) is -3.87. The van der Waals surface area contributed by atoms with E-state index in [1.165, 1.54) is 0 Å². The molecule has 11 nitrogen and oxygen atoms in total. The van der Waals surface area contributed by atoms with Crippen molar-refractivity contribution in [1.29, 1.82) is 0 Å². The maximum atomic E-state index is 10.9. The summed E-state index contributed by atoms with van der Waals surface area (Å²) in [4.78, 5) is 17.3. The van der Waals surface area contributed by atoms with E-state index >= 15 is 0 Å². The summed E-state index contributed by atoms with van der Waals surface area (Å²) in [5.41, 5.74) is 4.82. The SMILES string of the molecule is Nc1ncnc(NC2O[C@H](CO)[C@H](O)[C@H]2O)c1[N+](=O)[O-]. The van der Waals surface area contributed by atoms with Crippen molar-refractivity contribution < 1.29 is 25.0 Å². The predicted octanol–water partition coefficient (Wildman–Crippen LogP) is -2.18. The summed E-state index contributed by atoms with van der Waals surface area (Å²) in [6, 6.07) is 0. The van der Waals surface area contributed by atoms with Crippen LogP contribution in [0.1, 0.15) is 0 Å². The molecule has 20 heavy (non-hydrogen) atoms. The summed E-state index contributed by atoms with van der Waals surface area (Å²) >= 11 is 0. The Kier molecular flexibility index (Phi) is 3.94. The lowest BCUT2D eigenvalue weighted by atomic mass is 10.1. The second kappa shape index (κ2) is 5.50. The minimum absolute atomic E-state index is 0.252. The molecule has 0 aliphatic carbocycles. The van der Waals surface area contributed by atoms with Crippen LogP contribution in [0.25, 0.3) is 0 Å². The Bertz CT molecular complexity index is 514. The molecule has 1 aliphatic rings. The molecule has 0 aromatic carbocycles. The van der Waals surface area contributed by atoms with Gasteiger partial charge in [0, 0.05) is 0 Å². The number of nitrogen functional groups attached to an aromatic ring is 1. The van der Waals surface area contributed by atoms with Gasteiger partial charge in [-0.25, -0.2) is 9.97 Å². The normalized spacial score (nSPS) is 29.4. The zero-order valence-corrected chi connectivity index (χ0v) is 10.1. The van der Waals surface area contributed by atoms with Crippen LogP contribution in [0.5, 0.6) is 0 Å². The molecule has 1 aliphatic heterocycles. The smallest absolute Gasteiger partial charge is 0.353 e. The highest BCUT2D eigenvalue weighted by molar-refractivity contribution is 5.67. The molecule has 0 bridgehead atoms. The number of aliphatic hydroxyl groups is 3. The van der Waals surface area contributed by atoms with Gasteiger partial charge in [0.05, 0.1) is 11.5 Å². The number of aromatic nitrogens is 2. The maximum Gasteiger partial charge on any atom is 0.353 e. The van der Waals surface area contributed by atoms with Crippen LogP contribution in [0.2, 0.25) is 0 Å². The molecule has 1 fully saturated rings. The number of nitro groups is 1. The third-order valence-electron chi connectivity index (χ3n) is 2.85. The predicted molar refractivity (Wildman–Crippen MR) is 64.5 cm³/mol. The van der Waals surface area contributed by atoms with Gasteiger partial charge in [-0.05, 0) is 0 Å². The molecule has 0 amide bonds. The van der Waals surface area contributed by atoms with Crippen LogP contribution in [-0.2, 0) is 4.74 Å². The first kappa shape index (κ1) is 14.3. The molecule has 2 rings (SSSR count). The lowest BCUT2D eigenvalue weighted by Crippen LogP contribution is -2.36. The minimum Gasteiger partial charge on any atom is -0.394 e. The molecule has 4 atom stereocenters. The van der Waals surface area contributed by atoms with Gasteiger partial charge in [-0.1, -0.05) is 0 Å². The number of hydrogen-bond acceptors (Lipinski definition) is 10. The molecule has 1 aromatic heterocycles. The highest BCUT2D eigenvalue weighted by Crippen LogP contribution is 2.29. The standard InChI is InChI=1S/C9H13N5O6/c10-7-4(14(18)19)8(12-2-11-7)13-9-6(17)5(16)3(1-15)20-9/h2-3,5-6,9,15-17H,1H2,(H3,10,11,12,13)/t3-,5+,6-,9?/m1/s1. The third kappa shape index (κ3) is 2.46. The first-order valence-corrected chi connectivity index (χ1v) is 5.59. The fourth-order valence-electron chi connectivity index (χ4n) is 1.83. The fourth-order valence-corrected chi connectivity index (χ4v) is 1.83. The molecule has 110 valence electrons. The van der Waals surface area contributed by atoms with Crippen molar-refractivity contribution in [2.75, 3.05) is 17.7 Å². The number of ether oxygens (including phenoxy) is 1. The van der Waals surface area contributed by atoms with E-state index < -0.39 is 41.8 Å². The monoisotopic (exact) mass is 287 g/mol. The van der Waals surface area contributed by atoms with Crippen LogP contribution < -0.4 is 11.1 Å². The Morgan fingerprint density at radius 3 is 2.70 bits per heavy atom. The van der Waals surface area contributed by atoms with Crippen LogP contribution in [0.4, 0.5) is 17.3 Å². The molecule has 1 aromatic rings. The van der Waals surface area contributed by atoms with Gasteiger partial charge < -0.3 is 31.1 Å². The van der Waals surface area contributed by atoms with E-state index in [0.29, 0.717) is 0 Å². The molecular formula is C9H13N5O6. The number of nitrogens with two attached hydrogens (primary N) is 1. The zero-order chi connectivity index (χ0) is 14.9. The number of anilines is 2. The molecule has 2 heterocycles. The van der Waals surface area contributed by atoms with Crippen LogP contribution in [0, 0.1) is 10.1 Å². The summed E-state index contributed by atoms with van der Waals surface area (Å²) in [5, 5.41) is 41.6. The number of nitrogens with one attached hydrogen (secondary N) is 1.